The molecule has 0 radical (unpaired) electrons. The molecule has 2 saturated carbocycles. The Morgan fingerprint density at radius 3 is 1.25 bits per heavy atom. The molecule has 18 heteroatoms. The average Bonchev–Trinajstić information content (AvgIpc) is 4.30. The largest absolute Gasteiger partial charge is 0.444 e. The van der Waals surface area contributed by atoms with Crippen LogP contribution in [0.3, 0.4) is 0 Å². The molecule has 0 unspecified atom stereocenters. The summed E-state index contributed by atoms with van der Waals surface area (Å²) in [5.41, 5.74) is 5.23. The molecular formula is C54H28N8O6S4. The molecular weight excluding hydrogens is 985 g/mol. The fourth-order valence-electron chi connectivity index (χ4n) is 9.52. The van der Waals surface area contributed by atoms with Gasteiger partial charge < -0.3 is 9.47 Å². The maximum absolute atomic E-state index is 14.6. The van der Waals surface area contributed by atoms with E-state index in [9.17, 15) is 40.2 Å². The third-order valence-corrected chi connectivity index (χ3v) is 17.5. The highest BCUT2D eigenvalue weighted by atomic mass is 32.1. The molecule has 0 atom stereocenters. The van der Waals surface area contributed by atoms with Crippen molar-refractivity contribution < 1.29 is 28.7 Å². The van der Waals surface area contributed by atoms with Gasteiger partial charge in [0.1, 0.15) is 70.1 Å². The number of carbonyl (C=O) groups excluding carboxylic acids is 4. The van der Waals surface area contributed by atoms with E-state index in [0.717, 1.165) is 11.1 Å². The topological polar surface area (TPSA) is 216 Å². The average molecular weight is 1010 g/mol. The first-order valence-corrected chi connectivity index (χ1v) is 25.6. The fourth-order valence-corrected chi connectivity index (χ4v) is 14.7. The van der Waals surface area contributed by atoms with Gasteiger partial charge >= 0.3 is 12.2 Å². The van der Waals surface area contributed by atoms with Crippen LogP contribution in [-0.2, 0) is 32.3 Å². The molecule has 0 spiro atoms. The van der Waals surface area contributed by atoms with Gasteiger partial charge in [-0.3, -0.25) is 9.59 Å². The van der Waals surface area contributed by atoms with Crippen LogP contribution in [0.2, 0.25) is 0 Å². The number of aliphatic imine (C=N–C) groups is 2. The van der Waals surface area contributed by atoms with E-state index in [-0.39, 0.29) is 46.9 Å². The smallest absolute Gasteiger partial charge is 0.419 e. The van der Waals surface area contributed by atoms with Gasteiger partial charge in [-0.2, -0.15) is 21.0 Å². The van der Waals surface area contributed by atoms with Gasteiger partial charge in [0.2, 0.25) is 11.6 Å². The van der Waals surface area contributed by atoms with E-state index in [1.165, 1.54) is 54.5 Å². The molecule has 2 fully saturated rings. The van der Waals surface area contributed by atoms with Crippen LogP contribution in [0.25, 0.3) is 50.3 Å². The molecule has 72 heavy (non-hydrogen) atoms. The molecule has 12 rings (SSSR count). The second kappa shape index (κ2) is 17.5. The Kier molecular flexibility index (Phi) is 10.8. The molecule has 4 aliphatic carbocycles. The number of hydrogen-bond acceptors (Lipinski definition) is 16. The van der Waals surface area contributed by atoms with E-state index in [0.29, 0.717) is 108 Å². The summed E-state index contributed by atoms with van der Waals surface area (Å²) in [5, 5.41) is 40.6. The summed E-state index contributed by atoms with van der Waals surface area (Å²) in [6.45, 7) is -0.0647. The fraction of sp³-hybridized carbons (Fsp3) is 0.111. The highest BCUT2D eigenvalue weighted by molar-refractivity contribution is 7.40. The summed E-state index contributed by atoms with van der Waals surface area (Å²) in [6.07, 6.45) is 8.47. The zero-order chi connectivity index (χ0) is 49.4. The van der Waals surface area contributed by atoms with Gasteiger partial charge in [0, 0.05) is 22.3 Å². The van der Waals surface area contributed by atoms with E-state index in [4.69, 9.17) is 19.5 Å². The molecule has 0 aliphatic heterocycles. The highest BCUT2D eigenvalue weighted by Crippen LogP contribution is 2.54. The van der Waals surface area contributed by atoms with E-state index < -0.39 is 23.8 Å². The normalized spacial score (nSPS) is 16.4. The lowest BCUT2D eigenvalue weighted by atomic mass is 9.96. The Morgan fingerprint density at radius 2 is 0.875 bits per heavy atom. The first kappa shape index (κ1) is 44.3. The van der Waals surface area contributed by atoms with Gasteiger partial charge in [-0.05, 0) is 60.1 Å². The number of allylic oxidation sites excluding steroid dienone is 12. The summed E-state index contributed by atoms with van der Waals surface area (Å²) in [5.74, 6) is -0.788. The summed E-state index contributed by atoms with van der Waals surface area (Å²) < 4.78 is 19.0. The zero-order valence-corrected chi connectivity index (χ0v) is 40.4. The molecule has 0 N–H and O–H groups in total. The number of ketones is 2. The van der Waals surface area contributed by atoms with E-state index in [1.54, 1.807) is 24.3 Å². The van der Waals surface area contributed by atoms with E-state index in [1.807, 2.05) is 97.1 Å². The number of hydrogen-bond donors (Lipinski definition) is 0. The summed E-state index contributed by atoms with van der Waals surface area (Å²) >= 11 is 5.21. The predicted molar refractivity (Wildman–Crippen MR) is 277 cm³/mol. The van der Waals surface area contributed by atoms with Crippen molar-refractivity contribution in [1.82, 2.24) is 9.13 Å². The maximum atomic E-state index is 14.6. The van der Waals surface area contributed by atoms with Gasteiger partial charge in [0.05, 0.1) is 50.3 Å². The lowest BCUT2D eigenvalue weighted by Gasteiger charge is -2.07. The van der Waals surface area contributed by atoms with Crippen molar-refractivity contribution >= 4 is 141 Å². The zero-order valence-electron chi connectivity index (χ0n) is 37.1. The van der Waals surface area contributed by atoms with Crippen molar-refractivity contribution in [2.75, 3.05) is 0 Å². The van der Waals surface area contributed by atoms with Gasteiger partial charge in [-0.25, -0.2) is 28.7 Å². The van der Waals surface area contributed by atoms with Crippen LogP contribution in [0.5, 0.6) is 0 Å². The Labute approximate surface area is 423 Å². The molecule has 2 aromatic carbocycles. The lowest BCUT2D eigenvalue weighted by Crippen LogP contribution is -2.13. The Balaban J connectivity index is 1.07. The number of benzene rings is 2. The van der Waals surface area contributed by atoms with Crippen molar-refractivity contribution in [3.63, 3.8) is 0 Å². The molecule has 8 aromatic rings. The molecule has 6 heterocycles. The second-order valence-electron chi connectivity index (χ2n) is 16.7. The Hall–Kier alpha value is -8.88. The molecule has 6 aromatic heterocycles. The second-order valence-corrected chi connectivity index (χ2v) is 20.8. The van der Waals surface area contributed by atoms with E-state index >= 15 is 0 Å². The SMILES string of the molecule is N#CC(C#N)=C1C2=CCCC=C2C(=O)C1=Nc1cc2c(s1)c1sc3c(sc4c5sc(N=C6C(=O)C7=CCCC=C7C6=C(C#N)C#N)cc5n(C(=O)OCc5ccccc5)c43)c1n2C(=O)OCc1ccccc1. The summed E-state index contributed by atoms with van der Waals surface area (Å²) in [7, 11) is 0. The molecule has 0 bridgehead atoms. The highest BCUT2D eigenvalue weighted by Gasteiger charge is 2.40. The minimum atomic E-state index is -0.682. The minimum absolute atomic E-state index is 0.0243. The number of Topliss-reactive ketones (excluding diaryl/α,β-unsaturated/α-hetero) is 2. The number of rotatable bonds is 6. The first-order chi connectivity index (χ1) is 35.2. The van der Waals surface area contributed by atoms with Gasteiger partial charge in [0.15, 0.2) is 0 Å². The third-order valence-electron chi connectivity index (χ3n) is 12.6. The summed E-state index contributed by atoms with van der Waals surface area (Å²) in [4.78, 5) is 66.7. The number of fused-ring (bicyclic) bond motifs is 11. The van der Waals surface area contributed by atoms with Crippen molar-refractivity contribution in [3.05, 3.63) is 153 Å². The van der Waals surface area contributed by atoms with Gasteiger partial charge in [-0.15, -0.1) is 45.3 Å². The van der Waals surface area contributed by atoms with Crippen LogP contribution in [0.4, 0.5) is 19.6 Å². The van der Waals surface area contributed by atoms with Crippen molar-refractivity contribution in [1.29, 1.82) is 21.0 Å². The number of thiophene rings is 4. The maximum Gasteiger partial charge on any atom is 0.419 e. The third kappa shape index (κ3) is 6.89. The van der Waals surface area contributed by atoms with Crippen molar-refractivity contribution in [2.45, 2.75) is 38.9 Å². The van der Waals surface area contributed by atoms with Crippen molar-refractivity contribution in [3.8, 4) is 24.3 Å². The van der Waals surface area contributed by atoms with Crippen LogP contribution < -0.4 is 0 Å². The molecule has 0 saturated heterocycles. The molecule has 4 aliphatic rings. The van der Waals surface area contributed by atoms with Crippen LogP contribution in [0.15, 0.2) is 152 Å². The van der Waals surface area contributed by atoms with Gasteiger partial charge in [-0.1, -0.05) is 85.0 Å². The molecule has 14 nitrogen and oxygen atoms in total. The summed E-state index contributed by atoms with van der Waals surface area (Å²) in [6, 6.07) is 29.7. The van der Waals surface area contributed by atoms with Crippen LogP contribution in [0.1, 0.15) is 36.8 Å². The number of aromatic nitrogens is 2. The van der Waals surface area contributed by atoms with Crippen LogP contribution in [-0.4, -0.2) is 44.3 Å². The predicted octanol–water partition coefficient (Wildman–Crippen LogP) is 13.0. The van der Waals surface area contributed by atoms with Crippen LogP contribution >= 0.6 is 45.3 Å². The number of nitriles is 4. The Morgan fingerprint density at radius 1 is 0.514 bits per heavy atom. The molecule has 344 valence electrons. The van der Waals surface area contributed by atoms with Crippen LogP contribution in [0, 0.1) is 45.3 Å². The van der Waals surface area contributed by atoms with E-state index in [2.05, 4.69) is 0 Å². The Bertz CT molecular complexity index is 3970. The number of carbonyl (C=O) groups is 4. The standard InChI is InChI=1S/C54H28N8O6S4/c55-21-29(22-56)39-31-15-7-9-17-33(31)45(63)41(39)59-37-19-35-47(69-37)49-43(61(35)53(65)67-25-27-11-3-1-4-12-27)51-52(71-49)44-50(72-51)48-36(62(44)54(66)68-26-28-13-5-2-6-14-28)20-38(70-48)60-42-40(30(23-57)24-58)32-16-8-10-18-34(32)46(42)64/h1-6,11-20H,7-10,25-26H2. The quantitative estimate of drug-likeness (QED) is 0.144. The first-order valence-electron chi connectivity index (χ1n) is 22.3. The monoisotopic (exact) mass is 1010 g/mol. The minimum Gasteiger partial charge on any atom is -0.444 e. The number of ether oxygens (including phenoxy) is 2. The van der Waals surface area contributed by atoms with Crippen molar-refractivity contribution in [2.24, 2.45) is 9.98 Å². The molecule has 0 amide bonds. The number of nitrogens with zero attached hydrogens (tertiary/aromatic N) is 8. The lowest BCUT2D eigenvalue weighted by molar-refractivity contribution is -0.110. The van der Waals surface area contributed by atoms with Gasteiger partial charge in [0.25, 0.3) is 0 Å².